The number of rotatable bonds is 6. The molecule has 0 saturated heterocycles. The highest BCUT2D eigenvalue weighted by Crippen LogP contribution is 2.31. The number of carboxylic acid groups (broad SMARTS) is 1. The Hall–Kier alpha value is -3.98. The summed E-state index contributed by atoms with van der Waals surface area (Å²) in [5.41, 5.74) is 2.07. The molecule has 35 heavy (non-hydrogen) atoms. The van der Waals surface area contributed by atoms with E-state index in [1.807, 2.05) is 0 Å². The molecule has 178 valence electrons. The number of hydrazone groups is 1. The molecule has 9 heteroatoms. The van der Waals surface area contributed by atoms with Gasteiger partial charge in [-0.1, -0.05) is 22.0 Å². The summed E-state index contributed by atoms with van der Waals surface area (Å²) in [6.45, 7) is 5.23. The third-order valence-corrected chi connectivity index (χ3v) is 5.62. The third-order valence-electron chi connectivity index (χ3n) is 5.12. The Kier molecular flexibility index (Phi) is 6.70. The summed E-state index contributed by atoms with van der Waals surface area (Å²) in [5.74, 6) is -1.15. The lowest BCUT2D eigenvalue weighted by molar-refractivity contribution is -0.114. The molecule has 0 bridgehead atoms. The summed E-state index contributed by atoms with van der Waals surface area (Å²) < 4.78 is 12.0. The molecule has 0 radical (unpaired) electrons. The molecule has 1 N–H and O–H groups in total. The van der Waals surface area contributed by atoms with Crippen LogP contribution in [0.5, 0.6) is 0 Å². The molecule has 0 spiro atoms. The molecular weight excluding hydrogens is 516 g/mol. The number of esters is 1. The van der Waals surface area contributed by atoms with Gasteiger partial charge in [-0.3, -0.25) is 4.79 Å². The zero-order chi connectivity index (χ0) is 25.3. The number of benzene rings is 2. The Morgan fingerprint density at radius 1 is 1.14 bits per heavy atom. The van der Waals surface area contributed by atoms with Gasteiger partial charge in [-0.15, -0.1) is 0 Å². The second kappa shape index (κ2) is 9.71. The number of halogens is 1. The lowest BCUT2D eigenvalue weighted by atomic mass is 10.1. The molecule has 1 aliphatic rings. The Morgan fingerprint density at radius 3 is 2.63 bits per heavy atom. The number of hydrogen-bond acceptors (Lipinski definition) is 6. The number of hydrogen-bond donors (Lipinski definition) is 1. The van der Waals surface area contributed by atoms with Crippen molar-refractivity contribution in [1.29, 1.82) is 0 Å². The second-order valence-corrected chi connectivity index (χ2v) is 8.98. The normalized spacial score (nSPS) is 14.5. The first-order valence-corrected chi connectivity index (χ1v) is 11.5. The van der Waals surface area contributed by atoms with Crippen molar-refractivity contribution in [2.24, 2.45) is 5.10 Å². The highest BCUT2D eigenvalue weighted by Gasteiger charge is 2.29. The van der Waals surface area contributed by atoms with Crippen molar-refractivity contribution in [1.82, 2.24) is 0 Å². The van der Waals surface area contributed by atoms with Crippen LogP contribution in [-0.4, -0.2) is 34.8 Å². The topological polar surface area (TPSA) is 109 Å². The van der Waals surface area contributed by atoms with E-state index in [1.165, 1.54) is 12.1 Å². The Balaban J connectivity index is 1.64. The van der Waals surface area contributed by atoms with Gasteiger partial charge < -0.3 is 14.3 Å². The molecule has 0 fully saturated rings. The number of anilines is 1. The quantitative estimate of drug-likeness (QED) is 0.316. The average molecular weight is 537 g/mol. The molecule has 1 aliphatic heterocycles. The molecule has 8 nitrogen and oxygen atoms in total. The van der Waals surface area contributed by atoms with E-state index in [9.17, 15) is 19.5 Å². The molecule has 1 aromatic heterocycles. The minimum Gasteiger partial charge on any atom is -0.478 e. The molecule has 0 unspecified atom stereocenters. The van der Waals surface area contributed by atoms with Crippen LogP contribution >= 0.6 is 15.9 Å². The van der Waals surface area contributed by atoms with E-state index in [4.69, 9.17) is 9.15 Å². The first-order valence-electron chi connectivity index (χ1n) is 10.7. The van der Waals surface area contributed by atoms with Crippen LogP contribution in [0.1, 0.15) is 47.2 Å². The first kappa shape index (κ1) is 24.2. The van der Waals surface area contributed by atoms with Crippen molar-refractivity contribution in [3.63, 3.8) is 0 Å². The number of carbonyl (C=O) groups is 3. The fraction of sp³-hybridized carbons (Fsp3) is 0.154. The third kappa shape index (κ3) is 5.09. The van der Waals surface area contributed by atoms with Crippen molar-refractivity contribution in [2.75, 3.05) is 5.01 Å². The summed E-state index contributed by atoms with van der Waals surface area (Å²) in [7, 11) is 0. The predicted octanol–water partition coefficient (Wildman–Crippen LogP) is 5.78. The Labute approximate surface area is 209 Å². The fourth-order valence-electron chi connectivity index (χ4n) is 3.53. The number of carbonyl (C=O) groups excluding carboxylic acids is 2. The molecule has 2 aromatic carbocycles. The number of aromatic carboxylic acids is 1. The molecule has 4 rings (SSSR count). The number of nitrogens with zero attached hydrogens (tertiary/aromatic N) is 2. The lowest BCUT2D eigenvalue weighted by Crippen LogP contribution is -2.21. The van der Waals surface area contributed by atoms with E-state index in [0.717, 1.165) is 9.48 Å². The van der Waals surface area contributed by atoms with Gasteiger partial charge in [-0.2, -0.15) is 10.1 Å². The number of furan rings is 1. The highest BCUT2D eigenvalue weighted by atomic mass is 79.9. The zero-order valence-corrected chi connectivity index (χ0v) is 20.7. The van der Waals surface area contributed by atoms with Crippen LogP contribution in [0.2, 0.25) is 0 Å². The van der Waals surface area contributed by atoms with E-state index < -0.39 is 17.8 Å². The van der Waals surface area contributed by atoms with Gasteiger partial charge in [0.05, 0.1) is 34.2 Å². The van der Waals surface area contributed by atoms with Crippen LogP contribution in [0.3, 0.4) is 0 Å². The minimum absolute atomic E-state index is 0.0533. The molecule has 1 amide bonds. The van der Waals surface area contributed by atoms with E-state index in [-0.39, 0.29) is 11.7 Å². The minimum atomic E-state index is -1.09. The molecular formula is C26H21BrN2O6. The maximum atomic E-state index is 13.0. The standard InChI is InChI=1S/C26H21BrN2O6/c1-14(2)34-26(33)22-12-17(27)7-9-20(22)23-10-8-19(35-23)13-21-15(3)28-29(24(21)30)18-6-4-5-16(11-18)25(31)32/h4-14H,1-3H3,(H,31,32)/b21-13-. The molecule has 0 saturated carbocycles. The summed E-state index contributed by atoms with van der Waals surface area (Å²) in [5, 5.41) is 14.7. The van der Waals surface area contributed by atoms with E-state index in [0.29, 0.717) is 39.6 Å². The maximum Gasteiger partial charge on any atom is 0.339 e. The van der Waals surface area contributed by atoms with Crippen molar-refractivity contribution in [2.45, 2.75) is 26.9 Å². The first-order chi connectivity index (χ1) is 16.6. The average Bonchev–Trinajstić information content (AvgIpc) is 3.38. The van der Waals surface area contributed by atoms with Crippen LogP contribution in [0, 0.1) is 0 Å². The van der Waals surface area contributed by atoms with E-state index in [1.54, 1.807) is 69.3 Å². The van der Waals surface area contributed by atoms with Crippen molar-refractivity contribution in [3.05, 3.63) is 81.5 Å². The van der Waals surface area contributed by atoms with E-state index in [2.05, 4.69) is 21.0 Å². The van der Waals surface area contributed by atoms with Gasteiger partial charge in [0.1, 0.15) is 11.5 Å². The van der Waals surface area contributed by atoms with Gasteiger partial charge in [0.15, 0.2) is 0 Å². The van der Waals surface area contributed by atoms with Gasteiger partial charge in [-0.25, -0.2) is 9.59 Å². The monoisotopic (exact) mass is 536 g/mol. The van der Waals surface area contributed by atoms with Crippen LogP contribution < -0.4 is 5.01 Å². The fourth-order valence-corrected chi connectivity index (χ4v) is 3.89. The zero-order valence-electron chi connectivity index (χ0n) is 19.1. The van der Waals surface area contributed by atoms with Gasteiger partial charge >= 0.3 is 11.9 Å². The SMILES string of the molecule is CC1=NN(c2cccc(C(=O)O)c2)C(=O)/C1=C\c1ccc(-c2ccc(Br)cc2C(=O)OC(C)C)o1. The van der Waals surface area contributed by atoms with Crippen LogP contribution in [-0.2, 0) is 9.53 Å². The van der Waals surface area contributed by atoms with Crippen LogP contribution in [0.15, 0.2) is 74.2 Å². The summed E-state index contributed by atoms with van der Waals surface area (Å²) in [6, 6.07) is 14.6. The van der Waals surface area contributed by atoms with Crippen molar-refractivity contribution < 1.29 is 28.6 Å². The summed E-state index contributed by atoms with van der Waals surface area (Å²) in [6.07, 6.45) is 1.29. The molecule has 0 aliphatic carbocycles. The van der Waals surface area contributed by atoms with Crippen molar-refractivity contribution >= 4 is 51.3 Å². The number of ether oxygens (including phenoxy) is 1. The summed E-state index contributed by atoms with van der Waals surface area (Å²) in [4.78, 5) is 36.9. The Bertz CT molecular complexity index is 1400. The Morgan fingerprint density at radius 2 is 1.91 bits per heavy atom. The molecule has 2 heterocycles. The second-order valence-electron chi connectivity index (χ2n) is 8.06. The van der Waals surface area contributed by atoms with E-state index >= 15 is 0 Å². The molecule has 0 atom stereocenters. The number of carboxylic acids is 1. The lowest BCUT2D eigenvalue weighted by Gasteiger charge is -2.12. The maximum absolute atomic E-state index is 13.0. The number of amides is 1. The van der Waals surface area contributed by atoms with Gasteiger partial charge in [0.2, 0.25) is 0 Å². The van der Waals surface area contributed by atoms with Crippen LogP contribution in [0.25, 0.3) is 17.4 Å². The summed E-state index contributed by atoms with van der Waals surface area (Å²) >= 11 is 3.38. The van der Waals surface area contributed by atoms with Crippen molar-refractivity contribution in [3.8, 4) is 11.3 Å². The highest BCUT2D eigenvalue weighted by molar-refractivity contribution is 9.10. The predicted molar refractivity (Wildman–Crippen MR) is 134 cm³/mol. The van der Waals surface area contributed by atoms with Crippen LogP contribution in [0.4, 0.5) is 5.69 Å². The van der Waals surface area contributed by atoms with Gasteiger partial charge in [0.25, 0.3) is 5.91 Å². The smallest absolute Gasteiger partial charge is 0.339 e. The van der Waals surface area contributed by atoms with Gasteiger partial charge in [0, 0.05) is 10.0 Å². The largest absolute Gasteiger partial charge is 0.478 e. The molecule has 3 aromatic rings. The van der Waals surface area contributed by atoms with Gasteiger partial charge in [-0.05, 0) is 75.4 Å².